The van der Waals surface area contributed by atoms with E-state index < -0.39 is 47.9 Å². The van der Waals surface area contributed by atoms with E-state index in [4.69, 9.17) is 58.8 Å². The highest BCUT2D eigenvalue weighted by atomic mass is 79.9. The summed E-state index contributed by atoms with van der Waals surface area (Å²) in [6.45, 7) is 9.13. The summed E-state index contributed by atoms with van der Waals surface area (Å²) in [6.07, 6.45) is 5.08. The molecule has 0 spiro atoms. The summed E-state index contributed by atoms with van der Waals surface area (Å²) in [5, 5.41) is 19.8. The first-order chi connectivity index (χ1) is 28.2. The van der Waals surface area contributed by atoms with Gasteiger partial charge in [0.15, 0.2) is 48.0 Å². The van der Waals surface area contributed by atoms with Gasteiger partial charge in [-0.1, -0.05) is 0 Å². The van der Waals surface area contributed by atoms with Crippen molar-refractivity contribution in [3.63, 3.8) is 0 Å². The van der Waals surface area contributed by atoms with E-state index in [9.17, 15) is 9.90 Å². The van der Waals surface area contributed by atoms with Gasteiger partial charge in [0.1, 0.15) is 58.4 Å². The molecule has 6 aliphatic heterocycles. The van der Waals surface area contributed by atoms with Crippen LogP contribution in [0, 0.1) is 0 Å². The number of nitrogen functional groups attached to an aromatic ring is 2. The summed E-state index contributed by atoms with van der Waals surface area (Å²) >= 11 is 3.32. The topological polar surface area (TPSA) is 242 Å². The Morgan fingerprint density at radius 1 is 0.763 bits per heavy atom. The van der Waals surface area contributed by atoms with E-state index in [-0.39, 0.29) is 37.9 Å². The summed E-state index contributed by atoms with van der Waals surface area (Å²) < 4.78 is 61.4. The Kier molecular flexibility index (Phi) is 12.2. The van der Waals surface area contributed by atoms with Crippen LogP contribution in [-0.2, 0) is 58.0 Å². The number of cyclic esters (lactones) is 1. The second-order valence-corrected chi connectivity index (χ2v) is 16.7. The molecule has 0 amide bonds. The zero-order chi connectivity index (χ0) is 41.5. The van der Waals surface area contributed by atoms with E-state index in [2.05, 4.69) is 36.1 Å². The Balaban J connectivity index is 0.000000137. The van der Waals surface area contributed by atoms with Crippen LogP contribution < -0.4 is 11.5 Å². The molecule has 0 saturated carbocycles. The zero-order valence-electron chi connectivity index (χ0n) is 33.3. The fourth-order valence-corrected chi connectivity index (χ4v) is 8.37. The largest absolute Gasteiger partial charge is 0.455 e. The quantitative estimate of drug-likeness (QED) is 0.226. The van der Waals surface area contributed by atoms with Crippen LogP contribution in [0.25, 0.3) is 11.0 Å². The minimum Gasteiger partial charge on any atom is -0.455 e. The average Bonchev–Trinajstić information content (AvgIpc) is 4.06. The predicted octanol–water partition coefficient (Wildman–Crippen LogP) is 2.97. The lowest BCUT2D eigenvalue weighted by atomic mass is 10.0. The Morgan fingerprint density at radius 3 is 1.97 bits per heavy atom. The molecule has 10 heterocycles. The Labute approximate surface area is 348 Å². The predicted molar refractivity (Wildman–Crippen MR) is 208 cm³/mol. The van der Waals surface area contributed by atoms with Crippen LogP contribution in [0.15, 0.2) is 41.5 Å². The van der Waals surface area contributed by atoms with Gasteiger partial charge in [-0.05, 0) is 106 Å². The van der Waals surface area contributed by atoms with Crippen molar-refractivity contribution in [1.82, 2.24) is 29.2 Å². The molecule has 0 radical (unpaired) electrons. The van der Waals surface area contributed by atoms with Gasteiger partial charge in [-0.15, -0.1) is 0 Å². The maximum atomic E-state index is 11.7. The lowest BCUT2D eigenvalue weighted by molar-refractivity contribution is -0.292. The molecule has 4 aromatic rings. The molecule has 6 aliphatic rings. The Bertz CT molecular complexity index is 2090. The van der Waals surface area contributed by atoms with Gasteiger partial charge in [0.05, 0.1) is 13.2 Å². The van der Waals surface area contributed by atoms with E-state index in [1.165, 1.54) is 17.2 Å². The number of carbonyl (C=O) groups excluding carboxylic acids is 1. The van der Waals surface area contributed by atoms with Crippen molar-refractivity contribution >= 4 is 44.6 Å². The first-order valence-electron chi connectivity index (χ1n) is 19.8. The zero-order valence-corrected chi connectivity index (χ0v) is 34.9. The van der Waals surface area contributed by atoms with Crippen LogP contribution >= 0.6 is 15.9 Å². The number of fused-ring (bicyclic) bond motifs is 4. The molecule has 5 N–H and O–H groups in total. The van der Waals surface area contributed by atoms with Gasteiger partial charge in [-0.3, -0.25) is 0 Å². The number of hydrogen-bond acceptors (Lipinski definition) is 18. The number of ether oxygens (including phenoxy) is 10. The number of rotatable bonds is 7. The van der Waals surface area contributed by atoms with Crippen molar-refractivity contribution < 1.29 is 57.3 Å². The van der Waals surface area contributed by atoms with E-state index in [1.54, 1.807) is 30.5 Å². The number of aliphatic hydroxyl groups is 1. The summed E-state index contributed by atoms with van der Waals surface area (Å²) in [4.78, 5) is 19.5. The molecule has 4 aromatic heterocycles. The van der Waals surface area contributed by atoms with E-state index in [0.29, 0.717) is 29.5 Å². The molecule has 0 bridgehead atoms. The number of aromatic nitrogens is 6. The molecule has 9 atom stereocenters. The molecule has 0 aliphatic carbocycles. The van der Waals surface area contributed by atoms with Gasteiger partial charge in [-0.2, -0.15) is 10.2 Å². The smallest absolute Gasteiger partial charge is 0.338 e. The Hall–Kier alpha value is -3.61. The number of carbonyl (C=O) groups is 1. The van der Waals surface area contributed by atoms with Crippen molar-refractivity contribution in [2.24, 2.45) is 0 Å². The molecule has 3 unspecified atom stereocenters. The molecule has 59 heavy (non-hydrogen) atoms. The minimum absolute atomic E-state index is 0.193. The highest BCUT2D eigenvalue weighted by Gasteiger charge is 2.64. The molecule has 10 rings (SSSR count). The van der Waals surface area contributed by atoms with Crippen LogP contribution in [0.1, 0.15) is 71.9 Å². The van der Waals surface area contributed by atoms with Gasteiger partial charge in [-0.25, -0.2) is 23.8 Å². The first kappa shape index (κ1) is 42.1. The van der Waals surface area contributed by atoms with Crippen molar-refractivity contribution in [2.75, 3.05) is 37.9 Å². The third kappa shape index (κ3) is 8.92. The second kappa shape index (κ2) is 17.0. The Morgan fingerprint density at radius 2 is 1.34 bits per heavy atom. The van der Waals surface area contributed by atoms with Crippen molar-refractivity contribution in [3.05, 3.63) is 47.2 Å². The second-order valence-electron chi connectivity index (χ2n) is 15.9. The van der Waals surface area contributed by atoms with Gasteiger partial charge in [0.25, 0.3) is 0 Å². The average molecular weight is 892 g/mol. The minimum atomic E-state index is -1.78. The maximum absolute atomic E-state index is 11.7. The third-order valence-electron chi connectivity index (χ3n) is 10.7. The molecule has 20 nitrogen and oxygen atoms in total. The number of nitrogens with two attached hydrogens (primary N) is 2. The number of halogens is 1. The van der Waals surface area contributed by atoms with Crippen LogP contribution in [0.2, 0.25) is 0 Å². The van der Waals surface area contributed by atoms with Crippen molar-refractivity contribution in [2.45, 2.75) is 133 Å². The van der Waals surface area contributed by atoms with Crippen LogP contribution in [-0.4, -0.2) is 127 Å². The van der Waals surface area contributed by atoms with E-state index >= 15 is 0 Å². The molecular formula is C38H51BrN8O12. The molecule has 21 heteroatoms. The molecule has 322 valence electrons. The fourth-order valence-electron chi connectivity index (χ4n) is 7.95. The highest BCUT2D eigenvalue weighted by Crippen LogP contribution is 2.48. The standard InChI is InChI=1S/C19H26N4O6.C13H20O6.C6H5BrN4/c1-18(2)28-15-12(9-26-14-5-3-4-8-25-14)27-19(24,16(15)29-18)13-7-6-11-17(20)21-10-22-23(11)13;1-13(2)18-10-8(17-12(14)11(10)19-13)7-16-9-5-3-4-6-15-9;7-5-2-1-4-6(8)9-3-10-11(4)5/h6-7,10,12,14-16,24H,3-5,8-9H2,1-2H3,(H2,20,21,22);8-11H,3-7H2,1-2H3;1-3H,(H2,8,9,10)/t12-,14?,15-,16-,19?;8-,9?,10-,11-;/m11./s1. The number of esters is 1. The fraction of sp³-hybridized carbons (Fsp3) is 0.658. The van der Waals surface area contributed by atoms with E-state index in [1.807, 2.05) is 26.0 Å². The number of hydrogen-bond donors (Lipinski definition) is 3. The van der Waals surface area contributed by atoms with Gasteiger partial charge < -0.3 is 63.9 Å². The van der Waals surface area contributed by atoms with Crippen LogP contribution in [0.4, 0.5) is 11.6 Å². The van der Waals surface area contributed by atoms with Crippen molar-refractivity contribution in [3.8, 4) is 0 Å². The van der Waals surface area contributed by atoms with Gasteiger partial charge >= 0.3 is 5.97 Å². The normalized spacial score (nSPS) is 33.2. The first-order valence-corrected chi connectivity index (χ1v) is 20.6. The van der Waals surface area contributed by atoms with Gasteiger partial charge in [0.2, 0.25) is 5.79 Å². The number of nitrogens with zero attached hydrogens (tertiary/aromatic N) is 6. The highest BCUT2D eigenvalue weighted by molar-refractivity contribution is 9.10. The molecule has 6 saturated heterocycles. The monoisotopic (exact) mass is 890 g/mol. The molecule has 6 fully saturated rings. The maximum Gasteiger partial charge on any atom is 0.338 e. The summed E-state index contributed by atoms with van der Waals surface area (Å²) in [5.74, 6) is -2.96. The lowest BCUT2D eigenvalue weighted by Gasteiger charge is -2.30. The molecular weight excluding hydrogens is 840 g/mol. The van der Waals surface area contributed by atoms with Crippen LogP contribution in [0.5, 0.6) is 0 Å². The van der Waals surface area contributed by atoms with Gasteiger partial charge in [0, 0.05) is 13.2 Å². The van der Waals surface area contributed by atoms with Crippen molar-refractivity contribution in [1.29, 1.82) is 0 Å². The molecule has 0 aromatic carbocycles. The SMILES string of the molecule is CC1(C)O[C@@H]2[C@@H](COC3CCCCO3)OC(=O)[C@@H]2O1.CC1(C)O[C@H]2[C@@H](O1)C(O)(c1ccc3c(N)ncnn13)O[C@@H]2COC1CCCCO1.Nc1ncnn2c(Br)ccc12. The van der Waals surface area contributed by atoms with E-state index in [0.717, 1.165) is 55.3 Å². The summed E-state index contributed by atoms with van der Waals surface area (Å²) in [6, 6.07) is 7.18. The lowest BCUT2D eigenvalue weighted by Crippen LogP contribution is -2.41. The third-order valence-corrected chi connectivity index (χ3v) is 11.3. The van der Waals surface area contributed by atoms with Crippen LogP contribution in [0.3, 0.4) is 0 Å². The summed E-state index contributed by atoms with van der Waals surface area (Å²) in [7, 11) is 0. The number of anilines is 2. The summed E-state index contributed by atoms with van der Waals surface area (Å²) in [5.41, 5.74) is 13.3.